The summed E-state index contributed by atoms with van der Waals surface area (Å²) in [5.74, 6) is -0.207. The van der Waals surface area contributed by atoms with Crippen LogP contribution < -0.4 is 5.32 Å². The fourth-order valence-corrected chi connectivity index (χ4v) is 3.11. The second-order valence-corrected chi connectivity index (χ2v) is 5.90. The molecule has 1 saturated carbocycles. The Kier molecular flexibility index (Phi) is 3.69. The number of thiazole rings is 1. The first kappa shape index (κ1) is 13.1. The SMILES string of the molecule is O=C(O)CCc1csc(NC2CC2c2ccccc2)n1. The van der Waals surface area contributed by atoms with Gasteiger partial charge in [0.2, 0.25) is 0 Å². The van der Waals surface area contributed by atoms with Crippen LogP contribution in [0.5, 0.6) is 0 Å². The predicted octanol–water partition coefficient (Wildman–Crippen LogP) is 3.13. The van der Waals surface area contributed by atoms with Crippen molar-refractivity contribution in [2.24, 2.45) is 0 Å². The molecule has 0 bridgehead atoms. The number of carboxylic acids is 1. The van der Waals surface area contributed by atoms with Crippen LogP contribution in [0.2, 0.25) is 0 Å². The van der Waals surface area contributed by atoms with E-state index in [1.807, 2.05) is 11.4 Å². The maximum Gasteiger partial charge on any atom is 0.303 e. The average Bonchev–Trinajstić information content (AvgIpc) is 3.06. The molecule has 0 amide bonds. The van der Waals surface area contributed by atoms with Crippen molar-refractivity contribution in [3.05, 3.63) is 47.0 Å². The van der Waals surface area contributed by atoms with E-state index in [2.05, 4.69) is 34.6 Å². The van der Waals surface area contributed by atoms with E-state index < -0.39 is 5.97 Å². The molecule has 104 valence electrons. The van der Waals surface area contributed by atoms with Gasteiger partial charge in [0, 0.05) is 23.8 Å². The van der Waals surface area contributed by atoms with Crippen molar-refractivity contribution in [3.8, 4) is 0 Å². The number of aryl methyl sites for hydroxylation is 1. The van der Waals surface area contributed by atoms with Crippen LogP contribution in [-0.4, -0.2) is 22.1 Å². The van der Waals surface area contributed by atoms with Gasteiger partial charge in [-0.1, -0.05) is 30.3 Å². The number of rotatable bonds is 6. The largest absolute Gasteiger partial charge is 0.481 e. The van der Waals surface area contributed by atoms with Crippen LogP contribution in [0.4, 0.5) is 5.13 Å². The van der Waals surface area contributed by atoms with E-state index in [0.29, 0.717) is 18.4 Å². The molecule has 2 unspecified atom stereocenters. The van der Waals surface area contributed by atoms with Crippen LogP contribution in [0.25, 0.3) is 0 Å². The number of carboxylic acid groups (broad SMARTS) is 1. The molecular weight excluding hydrogens is 272 g/mol. The molecule has 1 fully saturated rings. The number of hydrogen-bond donors (Lipinski definition) is 2. The van der Waals surface area contributed by atoms with Gasteiger partial charge in [0.1, 0.15) is 0 Å². The summed E-state index contributed by atoms with van der Waals surface area (Å²) in [7, 11) is 0. The summed E-state index contributed by atoms with van der Waals surface area (Å²) in [4.78, 5) is 15.0. The minimum Gasteiger partial charge on any atom is -0.481 e. The first-order valence-electron chi connectivity index (χ1n) is 6.70. The van der Waals surface area contributed by atoms with Crippen molar-refractivity contribution in [1.82, 2.24) is 4.98 Å². The predicted molar refractivity (Wildman–Crippen MR) is 79.3 cm³/mol. The number of anilines is 1. The van der Waals surface area contributed by atoms with E-state index in [1.165, 1.54) is 5.56 Å². The van der Waals surface area contributed by atoms with E-state index in [4.69, 9.17) is 5.11 Å². The minimum absolute atomic E-state index is 0.138. The lowest BCUT2D eigenvalue weighted by molar-refractivity contribution is -0.136. The number of hydrogen-bond acceptors (Lipinski definition) is 4. The molecule has 0 aliphatic heterocycles. The van der Waals surface area contributed by atoms with Crippen molar-refractivity contribution in [2.45, 2.75) is 31.2 Å². The van der Waals surface area contributed by atoms with Gasteiger partial charge in [-0.05, 0) is 12.0 Å². The van der Waals surface area contributed by atoms with Crippen LogP contribution in [0.3, 0.4) is 0 Å². The molecule has 1 aromatic heterocycles. The molecule has 1 aromatic carbocycles. The number of benzene rings is 1. The summed E-state index contributed by atoms with van der Waals surface area (Å²) in [6.07, 6.45) is 1.77. The summed E-state index contributed by atoms with van der Waals surface area (Å²) >= 11 is 1.55. The Hall–Kier alpha value is -1.88. The first-order chi connectivity index (χ1) is 9.72. The molecular formula is C15H16N2O2S. The Morgan fingerprint density at radius 3 is 2.95 bits per heavy atom. The molecule has 3 rings (SSSR count). The van der Waals surface area contributed by atoms with Crippen molar-refractivity contribution in [1.29, 1.82) is 0 Å². The van der Waals surface area contributed by atoms with E-state index in [1.54, 1.807) is 11.3 Å². The molecule has 1 aliphatic carbocycles. The van der Waals surface area contributed by atoms with Gasteiger partial charge >= 0.3 is 5.97 Å². The Labute approximate surface area is 121 Å². The molecule has 2 N–H and O–H groups in total. The van der Waals surface area contributed by atoms with Gasteiger partial charge in [0.25, 0.3) is 0 Å². The first-order valence-corrected chi connectivity index (χ1v) is 7.58. The highest BCUT2D eigenvalue weighted by atomic mass is 32.1. The third-order valence-electron chi connectivity index (χ3n) is 3.47. The molecule has 1 aliphatic rings. The Balaban J connectivity index is 1.54. The number of carbonyl (C=O) groups is 1. The molecule has 2 aromatic rings. The Morgan fingerprint density at radius 2 is 2.20 bits per heavy atom. The quantitative estimate of drug-likeness (QED) is 0.857. The van der Waals surface area contributed by atoms with E-state index >= 15 is 0 Å². The molecule has 4 nitrogen and oxygen atoms in total. The zero-order chi connectivity index (χ0) is 13.9. The smallest absolute Gasteiger partial charge is 0.303 e. The van der Waals surface area contributed by atoms with Crippen LogP contribution in [0.1, 0.15) is 30.0 Å². The van der Waals surface area contributed by atoms with Gasteiger partial charge in [-0.25, -0.2) is 4.98 Å². The zero-order valence-electron chi connectivity index (χ0n) is 11.0. The van der Waals surface area contributed by atoms with Crippen LogP contribution in [0, 0.1) is 0 Å². The topological polar surface area (TPSA) is 62.2 Å². The lowest BCUT2D eigenvalue weighted by Crippen LogP contribution is -2.04. The number of aliphatic carboxylic acids is 1. The summed E-state index contributed by atoms with van der Waals surface area (Å²) in [6, 6.07) is 10.9. The van der Waals surface area contributed by atoms with E-state index in [-0.39, 0.29) is 6.42 Å². The Bertz CT molecular complexity index is 597. The zero-order valence-corrected chi connectivity index (χ0v) is 11.8. The average molecular weight is 288 g/mol. The highest BCUT2D eigenvalue weighted by Crippen LogP contribution is 2.43. The fourth-order valence-electron chi connectivity index (χ4n) is 2.30. The van der Waals surface area contributed by atoms with Crippen molar-refractivity contribution in [3.63, 3.8) is 0 Å². The van der Waals surface area contributed by atoms with Gasteiger partial charge in [0.15, 0.2) is 5.13 Å². The third kappa shape index (κ3) is 3.17. The lowest BCUT2D eigenvalue weighted by Gasteiger charge is -2.01. The highest BCUT2D eigenvalue weighted by molar-refractivity contribution is 7.13. The molecule has 20 heavy (non-hydrogen) atoms. The Morgan fingerprint density at radius 1 is 1.40 bits per heavy atom. The molecule has 0 radical (unpaired) electrons. The van der Waals surface area contributed by atoms with Gasteiger partial charge in [-0.15, -0.1) is 11.3 Å². The summed E-state index contributed by atoms with van der Waals surface area (Å²) < 4.78 is 0. The number of nitrogens with one attached hydrogen (secondary N) is 1. The molecule has 5 heteroatoms. The van der Waals surface area contributed by atoms with Crippen molar-refractivity contribution in [2.75, 3.05) is 5.32 Å². The second kappa shape index (κ2) is 5.63. The van der Waals surface area contributed by atoms with Crippen LogP contribution >= 0.6 is 11.3 Å². The molecule has 2 atom stereocenters. The van der Waals surface area contributed by atoms with Gasteiger partial charge in [0.05, 0.1) is 12.1 Å². The van der Waals surface area contributed by atoms with Crippen LogP contribution in [0.15, 0.2) is 35.7 Å². The van der Waals surface area contributed by atoms with Crippen molar-refractivity contribution < 1.29 is 9.90 Å². The third-order valence-corrected chi connectivity index (χ3v) is 4.30. The molecule has 1 heterocycles. The van der Waals surface area contributed by atoms with E-state index in [0.717, 1.165) is 17.2 Å². The molecule has 0 spiro atoms. The van der Waals surface area contributed by atoms with Crippen LogP contribution in [-0.2, 0) is 11.2 Å². The maximum absolute atomic E-state index is 10.5. The standard InChI is InChI=1S/C15H16N2O2S/c18-14(19)7-6-11-9-20-15(16-11)17-13-8-12(13)10-4-2-1-3-5-10/h1-5,9,12-13H,6-8H2,(H,16,17)(H,18,19). The number of aromatic nitrogens is 1. The van der Waals surface area contributed by atoms with Gasteiger partial charge < -0.3 is 10.4 Å². The normalized spacial score (nSPS) is 20.6. The molecule has 0 saturated heterocycles. The minimum atomic E-state index is -0.779. The lowest BCUT2D eigenvalue weighted by atomic mass is 10.1. The van der Waals surface area contributed by atoms with E-state index in [9.17, 15) is 4.79 Å². The van der Waals surface area contributed by atoms with Gasteiger partial charge in [-0.2, -0.15) is 0 Å². The second-order valence-electron chi connectivity index (χ2n) is 5.04. The fraction of sp³-hybridized carbons (Fsp3) is 0.333. The number of nitrogens with zero attached hydrogens (tertiary/aromatic N) is 1. The van der Waals surface area contributed by atoms with Gasteiger partial charge in [-0.3, -0.25) is 4.79 Å². The summed E-state index contributed by atoms with van der Waals surface area (Å²) in [6.45, 7) is 0. The monoisotopic (exact) mass is 288 g/mol. The highest BCUT2D eigenvalue weighted by Gasteiger charge is 2.38. The summed E-state index contributed by atoms with van der Waals surface area (Å²) in [5.41, 5.74) is 2.23. The maximum atomic E-state index is 10.5. The summed E-state index contributed by atoms with van der Waals surface area (Å²) in [5, 5.41) is 14.9. The van der Waals surface area contributed by atoms with Crippen molar-refractivity contribution >= 4 is 22.4 Å².